The van der Waals surface area contributed by atoms with Crippen LogP contribution in [0.5, 0.6) is 0 Å². The summed E-state index contributed by atoms with van der Waals surface area (Å²) >= 11 is 5.97. The van der Waals surface area contributed by atoms with E-state index in [4.69, 9.17) is 11.6 Å². The molecule has 1 aliphatic carbocycles. The molecule has 1 nitrogen and oxygen atoms in total. The van der Waals surface area contributed by atoms with E-state index in [-0.39, 0.29) is 0 Å². The largest absolute Gasteiger partial charge is 0.307 e. The van der Waals surface area contributed by atoms with Crippen LogP contribution in [-0.4, -0.2) is 6.54 Å². The van der Waals surface area contributed by atoms with Crippen LogP contribution in [0.4, 0.5) is 0 Å². The quantitative estimate of drug-likeness (QED) is 0.668. The van der Waals surface area contributed by atoms with Crippen LogP contribution in [0.3, 0.4) is 0 Å². The van der Waals surface area contributed by atoms with Gasteiger partial charge in [0.05, 0.1) is 0 Å². The van der Waals surface area contributed by atoms with Crippen LogP contribution in [-0.2, 0) is 12.0 Å². The minimum Gasteiger partial charge on any atom is -0.307 e. The van der Waals surface area contributed by atoms with Crippen molar-refractivity contribution in [2.75, 3.05) is 6.54 Å². The van der Waals surface area contributed by atoms with Crippen molar-refractivity contribution < 1.29 is 0 Å². The smallest absolute Gasteiger partial charge is 0.0439 e. The average molecular weight is 194 g/mol. The monoisotopic (exact) mass is 193 g/mol. The Morgan fingerprint density at radius 1 is 1.31 bits per heavy atom. The molecule has 0 unspecified atom stereocenters. The fraction of sp³-hybridized carbons (Fsp3) is 0.455. The fourth-order valence-electron chi connectivity index (χ4n) is 2.34. The van der Waals surface area contributed by atoms with Gasteiger partial charge in [0.2, 0.25) is 0 Å². The van der Waals surface area contributed by atoms with Gasteiger partial charge in [-0.05, 0) is 42.5 Å². The standard InChI is InChI=1S/C11H12ClN/c12-9-1-2-10-8(7-9)3-6-13-11(10)4-5-11/h1-2,7,13H,3-6H2. The molecule has 1 aromatic rings. The van der Waals surface area contributed by atoms with E-state index in [0.717, 1.165) is 18.0 Å². The third kappa shape index (κ3) is 1.11. The summed E-state index contributed by atoms with van der Waals surface area (Å²) in [6, 6.07) is 6.32. The lowest BCUT2D eigenvalue weighted by Gasteiger charge is -2.26. The number of rotatable bonds is 0. The lowest BCUT2D eigenvalue weighted by atomic mass is 9.92. The zero-order valence-corrected chi connectivity index (χ0v) is 8.19. The zero-order chi connectivity index (χ0) is 8.89. The van der Waals surface area contributed by atoms with Gasteiger partial charge in [0.15, 0.2) is 0 Å². The summed E-state index contributed by atoms with van der Waals surface area (Å²) in [5.74, 6) is 0. The van der Waals surface area contributed by atoms with Crippen molar-refractivity contribution in [2.45, 2.75) is 24.8 Å². The Labute approximate surface area is 83.1 Å². The third-order valence-corrected chi connectivity index (χ3v) is 3.43. The predicted octanol–water partition coefficient (Wildman–Crippen LogP) is 2.47. The van der Waals surface area contributed by atoms with Crippen molar-refractivity contribution in [1.29, 1.82) is 0 Å². The number of fused-ring (bicyclic) bond motifs is 2. The molecule has 0 saturated heterocycles. The van der Waals surface area contributed by atoms with Gasteiger partial charge in [-0.15, -0.1) is 0 Å². The van der Waals surface area contributed by atoms with Crippen molar-refractivity contribution in [2.24, 2.45) is 0 Å². The minimum atomic E-state index is 0.345. The average Bonchev–Trinajstić information content (AvgIpc) is 2.86. The van der Waals surface area contributed by atoms with E-state index in [0.29, 0.717) is 5.54 Å². The lowest BCUT2D eigenvalue weighted by Crippen LogP contribution is -2.36. The van der Waals surface area contributed by atoms with Gasteiger partial charge in [0.1, 0.15) is 0 Å². The molecule has 1 fully saturated rings. The van der Waals surface area contributed by atoms with Crippen molar-refractivity contribution in [3.8, 4) is 0 Å². The molecule has 1 heterocycles. The summed E-state index contributed by atoms with van der Waals surface area (Å²) in [7, 11) is 0. The van der Waals surface area contributed by atoms with Gasteiger partial charge >= 0.3 is 0 Å². The highest BCUT2D eigenvalue weighted by atomic mass is 35.5. The normalized spacial score (nSPS) is 22.8. The fourth-order valence-corrected chi connectivity index (χ4v) is 2.53. The topological polar surface area (TPSA) is 12.0 Å². The van der Waals surface area contributed by atoms with Gasteiger partial charge in [-0.3, -0.25) is 0 Å². The highest BCUT2D eigenvalue weighted by Crippen LogP contribution is 2.48. The lowest BCUT2D eigenvalue weighted by molar-refractivity contribution is 0.489. The SMILES string of the molecule is Clc1ccc2c(c1)CCNC21CC1. The molecule has 68 valence electrons. The number of benzene rings is 1. The molecule has 1 N–H and O–H groups in total. The van der Waals surface area contributed by atoms with E-state index in [9.17, 15) is 0 Å². The van der Waals surface area contributed by atoms with Gasteiger partial charge in [0, 0.05) is 17.1 Å². The van der Waals surface area contributed by atoms with Crippen molar-refractivity contribution in [3.63, 3.8) is 0 Å². The Kier molecular flexibility index (Phi) is 1.50. The summed E-state index contributed by atoms with van der Waals surface area (Å²) in [4.78, 5) is 0. The van der Waals surface area contributed by atoms with Crippen molar-refractivity contribution >= 4 is 11.6 Å². The first kappa shape index (κ1) is 7.84. The van der Waals surface area contributed by atoms with Crippen LogP contribution in [0.1, 0.15) is 24.0 Å². The van der Waals surface area contributed by atoms with Crippen LogP contribution in [0.25, 0.3) is 0 Å². The van der Waals surface area contributed by atoms with E-state index in [1.54, 1.807) is 0 Å². The predicted molar refractivity (Wildman–Crippen MR) is 54.1 cm³/mol. The van der Waals surface area contributed by atoms with E-state index < -0.39 is 0 Å². The number of halogens is 1. The molecule has 3 rings (SSSR count). The number of hydrogen-bond donors (Lipinski definition) is 1. The van der Waals surface area contributed by atoms with Crippen LogP contribution < -0.4 is 5.32 Å². The third-order valence-electron chi connectivity index (χ3n) is 3.19. The first-order valence-corrected chi connectivity index (χ1v) is 5.22. The summed E-state index contributed by atoms with van der Waals surface area (Å²) in [6.45, 7) is 1.10. The maximum absolute atomic E-state index is 5.97. The van der Waals surface area contributed by atoms with Gasteiger partial charge in [0.25, 0.3) is 0 Å². The minimum absolute atomic E-state index is 0.345. The van der Waals surface area contributed by atoms with E-state index >= 15 is 0 Å². The van der Waals surface area contributed by atoms with Crippen LogP contribution in [0, 0.1) is 0 Å². The molecule has 1 aliphatic heterocycles. The van der Waals surface area contributed by atoms with Crippen LogP contribution in [0.2, 0.25) is 5.02 Å². The highest BCUT2D eigenvalue weighted by molar-refractivity contribution is 6.30. The summed E-state index contributed by atoms with van der Waals surface area (Å²) in [5, 5.41) is 4.47. The summed E-state index contributed by atoms with van der Waals surface area (Å²) in [5.41, 5.74) is 3.28. The molecule has 1 saturated carbocycles. The first-order chi connectivity index (χ1) is 6.30. The molecule has 0 atom stereocenters. The molecular weight excluding hydrogens is 182 g/mol. The molecular formula is C11H12ClN. The Morgan fingerprint density at radius 2 is 2.15 bits per heavy atom. The summed E-state index contributed by atoms with van der Waals surface area (Å²) < 4.78 is 0. The molecule has 1 spiro atoms. The van der Waals surface area contributed by atoms with Crippen molar-refractivity contribution in [3.05, 3.63) is 34.3 Å². The van der Waals surface area contributed by atoms with Gasteiger partial charge in [-0.1, -0.05) is 17.7 Å². The number of hydrogen-bond acceptors (Lipinski definition) is 1. The second-order valence-electron chi connectivity index (χ2n) is 4.06. The molecule has 0 bridgehead atoms. The molecule has 1 aromatic carbocycles. The van der Waals surface area contributed by atoms with E-state index in [1.165, 1.54) is 24.0 Å². The summed E-state index contributed by atoms with van der Waals surface area (Å²) in [6.07, 6.45) is 3.71. The molecule has 0 amide bonds. The molecule has 0 radical (unpaired) electrons. The zero-order valence-electron chi connectivity index (χ0n) is 7.44. The Bertz CT molecular complexity index is 355. The van der Waals surface area contributed by atoms with Crippen LogP contribution >= 0.6 is 11.6 Å². The number of nitrogens with one attached hydrogen (secondary N) is 1. The van der Waals surface area contributed by atoms with E-state index in [1.807, 2.05) is 6.07 Å². The van der Waals surface area contributed by atoms with Gasteiger partial charge in [-0.2, -0.15) is 0 Å². The van der Waals surface area contributed by atoms with Crippen molar-refractivity contribution in [1.82, 2.24) is 5.32 Å². The Morgan fingerprint density at radius 3 is 2.92 bits per heavy atom. The second-order valence-corrected chi connectivity index (χ2v) is 4.50. The van der Waals surface area contributed by atoms with E-state index in [2.05, 4.69) is 17.4 Å². The highest BCUT2D eigenvalue weighted by Gasteiger charge is 2.46. The van der Waals surface area contributed by atoms with Crippen LogP contribution in [0.15, 0.2) is 18.2 Å². The molecule has 2 aliphatic rings. The van der Waals surface area contributed by atoms with Gasteiger partial charge < -0.3 is 5.32 Å². The second kappa shape index (κ2) is 2.49. The Balaban J connectivity index is 2.15. The van der Waals surface area contributed by atoms with Gasteiger partial charge in [-0.25, -0.2) is 0 Å². The first-order valence-electron chi connectivity index (χ1n) is 4.84. The maximum atomic E-state index is 5.97. The maximum Gasteiger partial charge on any atom is 0.0439 e. The Hall–Kier alpha value is -0.530. The molecule has 2 heteroatoms. The molecule has 0 aromatic heterocycles. The molecule has 13 heavy (non-hydrogen) atoms.